The maximum Gasteiger partial charge on any atom is 0.0975 e. The van der Waals surface area contributed by atoms with Gasteiger partial charge < -0.3 is 10.1 Å². The molecule has 0 spiro atoms. The van der Waals surface area contributed by atoms with E-state index in [9.17, 15) is 0 Å². The third-order valence-electron chi connectivity index (χ3n) is 3.38. The summed E-state index contributed by atoms with van der Waals surface area (Å²) in [6.45, 7) is 7.53. The Hall–Kier alpha value is -0.380. The number of hydrogen-bond donors (Lipinski definition) is 1. The molecule has 1 saturated heterocycles. The summed E-state index contributed by atoms with van der Waals surface area (Å²) >= 11 is 3.46. The first-order chi connectivity index (χ1) is 8.56. The number of halogens is 1. The molecule has 1 aromatic rings. The molecule has 0 radical (unpaired) electrons. The summed E-state index contributed by atoms with van der Waals surface area (Å²) in [6.07, 6.45) is 1.35. The first kappa shape index (κ1) is 14.0. The maximum absolute atomic E-state index is 6.05. The van der Waals surface area contributed by atoms with Crippen LogP contribution in [0.25, 0.3) is 0 Å². The molecule has 1 aliphatic heterocycles. The van der Waals surface area contributed by atoms with Crippen molar-refractivity contribution in [2.75, 3.05) is 6.61 Å². The number of nitrogens with one attached hydrogen (secondary N) is 1. The molecule has 2 rings (SSSR count). The number of benzene rings is 1. The van der Waals surface area contributed by atoms with Crippen molar-refractivity contribution < 1.29 is 4.74 Å². The molecule has 3 unspecified atom stereocenters. The van der Waals surface area contributed by atoms with Crippen molar-refractivity contribution in [3.05, 3.63) is 34.3 Å². The quantitative estimate of drug-likeness (QED) is 0.913. The minimum atomic E-state index is 0.168. The van der Waals surface area contributed by atoms with Crippen LogP contribution in [0.1, 0.15) is 38.9 Å². The van der Waals surface area contributed by atoms with E-state index in [1.54, 1.807) is 0 Å². The van der Waals surface area contributed by atoms with Gasteiger partial charge in [-0.3, -0.25) is 0 Å². The fraction of sp³-hybridized carbons (Fsp3) is 0.600. The first-order valence-electron chi connectivity index (χ1n) is 6.69. The van der Waals surface area contributed by atoms with E-state index in [1.165, 1.54) is 12.0 Å². The van der Waals surface area contributed by atoms with Crippen LogP contribution in [0.5, 0.6) is 0 Å². The molecule has 3 atom stereocenters. The maximum atomic E-state index is 6.05. The van der Waals surface area contributed by atoms with Gasteiger partial charge in [0.2, 0.25) is 0 Å². The molecular weight excluding hydrogens is 290 g/mol. The van der Waals surface area contributed by atoms with Crippen LogP contribution in [0.4, 0.5) is 0 Å². The summed E-state index contributed by atoms with van der Waals surface area (Å²) in [5, 5.41) is 3.67. The molecule has 0 saturated carbocycles. The zero-order chi connectivity index (χ0) is 13.1. The fourth-order valence-corrected chi connectivity index (χ4v) is 2.88. The smallest absolute Gasteiger partial charge is 0.0975 e. The molecule has 1 aliphatic rings. The molecule has 1 fully saturated rings. The minimum Gasteiger partial charge on any atom is -0.370 e. The largest absolute Gasteiger partial charge is 0.370 e. The van der Waals surface area contributed by atoms with Crippen LogP contribution in [0.15, 0.2) is 28.7 Å². The Labute approximate surface area is 118 Å². The summed E-state index contributed by atoms with van der Waals surface area (Å²) in [4.78, 5) is 0. The van der Waals surface area contributed by atoms with E-state index < -0.39 is 0 Å². The third-order valence-corrected chi connectivity index (χ3v) is 3.91. The van der Waals surface area contributed by atoms with Gasteiger partial charge in [-0.1, -0.05) is 41.9 Å². The van der Waals surface area contributed by atoms with Crippen LogP contribution in [-0.4, -0.2) is 18.7 Å². The van der Waals surface area contributed by atoms with E-state index in [1.807, 2.05) is 0 Å². The first-order valence-corrected chi connectivity index (χ1v) is 7.48. The predicted octanol–water partition coefficient (Wildman–Crippen LogP) is 3.91. The van der Waals surface area contributed by atoms with Gasteiger partial charge in [-0.2, -0.15) is 0 Å². The lowest BCUT2D eigenvalue weighted by atomic mass is 9.97. The van der Waals surface area contributed by atoms with Gasteiger partial charge in [0, 0.05) is 16.6 Å². The van der Waals surface area contributed by atoms with Crippen molar-refractivity contribution in [3.8, 4) is 0 Å². The topological polar surface area (TPSA) is 21.3 Å². The molecule has 0 aliphatic carbocycles. The van der Waals surface area contributed by atoms with Gasteiger partial charge in [-0.25, -0.2) is 0 Å². The molecule has 0 amide bonds. The molecule has 1 N–H and O–H groups in total. The average Bonchev–Trinajstić information content (AvgIpc) is 2.30. The van der Waals surface area contributed by atoms with E-state index in [4.69, 9.17) is 4.74 Å². The number of hydrogen-bond acceptors (Lipinski definition) is 2. The van der Waals surface area contributed by atoms with E-state index in [2.05, 4.69) is 66.3 Å². The van der Waals surface area contributed by atoms with Gasteiger partial charge in [0.1, 0.15) is 0 Å². The highest BCUT2D eigenvalue weighted by Crippen LogP contribution is 2.27. The minimum absolute atomic E-state index is 0.168. The van der Waals surface area contributed by atoms with E-state index in [-0.39, 0.29) is 6.10 Å². The molecular formula is C15H22BrNO. The molecule has 0 bridgehead atoms. The van der Waals surface area contributed by atoms with Gasteiger partial charge in [0.25, 0.3) is 0 Å². The van der Waals surface area contributed by atoms with Crippen molar-refractivity contribution in [1.82, 2.24) is 5.32 Å². The van der Waals surface area contributed by atoms with Gasteiger partial charge >= 0.3 is 0 Å². The standard InChI is InChI=1S/C15H22BrNO/c1-10(2)8-14-9-18-15(11(3)17-14)12-4-6-13(16)7-5-12/h4-7,10-11,14-15,17H,8-9H2,1-3H3. The SMILES string of the molecule is CC(C)CC1COC(c2ccc(Br)cc2)C(C)N1. The Morgan fingerprint density at radius 3 is 2.56 bits per heavy atom. The van der Waals surface area contributed by atoms with Crippen LogP contribution in [-0.2, 0) is 4.74 Å². The second-order valence-corrected chi connectivity index (χ2v) is 6.50. The van der Waals surface area contributed by atoms with Crippen molar-refractivity contribution in [2.24, 2.45) is 5.92 Å². The summed E-state index contributed by atoms with van der Waals surface area (Å²) in [7, 11) is 0. The Morgan fingerprint density at radius 1 is 1.33 bits per heavy atom. The summed E-state index contributed by atoms with van der Waals surface area (Å²) < 4.78 is 7.16. The second kappa shape index (κ2) is 6.18. The van der Waals surface area contributed by atoms with E-state index in [0.29, 0.717) is 18.0 Å². The van der Waals surface area contributed by atoms with Gasteiger partial charge in [0.15, 0.2) is 0 Å². The third kappa shape index (κ3) is 3.56. The number of morpholine rings is 1. The molecule has 3 heteroatoms. The molecule has 1 heterocycles. The van der Waals surface area contributed by atoms with Crippen LogP contribution in [0.3, 0.4) is 0 Å². The monoisotopic (exact) mass is 311 g/mol. The van der Waals surface area contributed by atoms with Crippen LogP contribution >= 0.6 is 15.9 Å². The Bertz CT molecular complexity index is 377. The average molecular weight is 312 g/mol. The van der Waals surface area contributed by atoms with Crippen molar-refractivity contribution >= 4 is 15.9 Å². The molecule has 2 nitrogen and oxygen atoms in total. The van der Waals surface area contributed by atoms with Gasteiger partial charge in [0.05, 0.1) is 12.7 Å². The van der Waals surface area contributed by atoms with E-state index in [0.717, 1.165) is 11.1 Å². The molecule has 1 aromatic carbocycles. The van der Waals surface area contributed by atoms with Gasteiger partial charge in [-0.15, -0.1) is 0 Å². The highest BCUT2D eigenvalue weighted by Gasteiger charge is 2.28. The van der Waals surface area contributed by atoms with Crippen LogP contribution in [0, 0.1) is 5.92 Å². The van der Waals surface area contributed by atoms with Crippen molar-refractivity contribution in [2.45, 2.75) is 45.4 Å². The Morgan fingerprint density at radius 2 is 2.00 bits per heavy atom. The van der Waals surface area contributed by atoms with E-state index >= 15 is 0 Å². The zero-order valence-corrected chi connectivity index (χ0v) is 12.9. The Kier molecular flexibility index (Phi) is 4.82. The second-order valence-electron chi connectivity index (χ2n) is 5.59. The highest BCUT2D eigenvalue weighted by molar-refractivity contribution is 9.10. The van der Waals surface area contributed by atoms with Crippen LogP contribution in [0.2, 0.25) is 0 Å². The normalized spacial score (nSPS) is 28.6. The Balaban J connectivity index is 1.99. The molecule has 18 heavy (non-hydrogen) atoms. The zero-order valence-electron chi connectivity index (χ0n) is 11.3. The highest BCUT2D eigenvalue weighted by atomic mass is 79.9. The van der Waals surface area contributed by atoms with Crippen molar-refractivity contribution in [1.29, 1.82) is 0 Å². The number of ether oxygens (including phenoxy) is 1. The number of rotatable bonds is 3. The van der Waals surface area contributed by atoms with Gasteiger partial charge in [-0.05, 0) is 37.0 Å². The summed E-state index contributed by atoms with van der Waals surface area (Å²) in [5.41, 5.74) is 1.25. The fourth-order valence-electron chi connectivity index (χ4n) is 2.61. The molecule has 100 valence electrons. The lowest BCUT2D eigenvalue weighted by molar-refractivity contribution is -0.0284. The summed E-state index contributed by atoms with van der Waals surface area (Å²) in [5.74, 6) is 0.711. The summed E-state index contributed by atoms with van der Waals surface area (Å²) in [6, 6.07) is 9.28. The lowest BCUT2D eigenvalue weighted by Gasteiger charge is -2.36. The van der Waals surface area contributed by atoms with Crippen molar-refractivity contribution in [3.63, 3.8) is 0 Å². The lowest BCUT2D eigenvalue weighted by Crippen LogP contribution is -2.49. The molecule has 0 aromatic heterocycles. The predicted molar refractivity (Wildman–Crippen MR) is 78.7 cm³/mol. The van der Waals surface area contributed by atoms with Crippen LogP contribution < -0.4 is 5.32 Å².